The number of aryl methyl sites for hydroxylation is 1. The SMILES string of the molecule is C[c-]1ccc([Si]2(C)CCC2)c1.[C-]1=CC=CC1.[Ti+2]. The number of hydrogen-bond acceptors (Lipinski definition) is 0. The summed E-state index contributed by atoms with van der Waals surface area (Å²) < 4.78 is 0. The third-order valence-electron chi connectivity index (χ3n) is 3.65. The molecular formula is C15H20SiTi. The zero-order valence-electron chi connectivity index (χ0n) is 10.8. The summed E-state index contributed by atoms with van der Waals surface area (Å²) >= 11 is 0. The molecule has 88 valence electrons. The Kier molecular flexibility index (Phi) is 5.78. The van der Waals surface area contributed by atoms with Crippen LogP contribution in [0.15, 0.2) is 36.4 Å². The molecule has 2 aliphatic rings. The Hall–Kier alpha value is -0.239. The van der Waals surface area contributed by atoms with Gasteiger partial charge in [0.25, 0.3) is 0 Å². The van der Waals surface area contributed by atoms with Crippen LogP contribution in [0.2, 0.25) is 18.6 Å². The van der Waals surface area contributed by atoms with E-state index in [1.165, 1.54) is 24.1 Å². The maximum Gasteiger partial charge on any atom is 2.00 e. The van der Waals surface area contributed by atoms with Crippen LogP contribution in [0.3, 0.4) is 0 Å². The van der Waals surface area contributed by atoms with Crippen molar-refractivity contribution in [3.63, 3.8) is 0 Å². The van der Waals surface area contributed by atoms with Crippen molar-refractivity contribution < 1.29 is 21.7 Å². The van der Waals surface area contributed by atoms with Crippen LogP contribution in [0.25, 0.3) is 0 Å². The predicted molar refractivity (Wildman–Crippen MR) is 73.8 cm³/mol. The first-order valence-corrected chi connectivity index (χ1v) is 9.08. The first kappa shape index (κ1) is 14.8. The first-order valence-electron chi connectivity index (χ1n) is 6.16. The van der Waals surface area contributed by atoms with Gasteiger partial charge < -0.3 is 0 Å². The average Bonchev–Trinajstić information content (AvgIpc) is 2.87. The summed E-state index contributed by atoms with van der Waals surface area (Å²) in [5.41, 5.74) is 1.45. The predicted octanol–water partition coefficient (Wildman–Crippen LogP) is 3.71. The normalized spacial score (nSPS) is 18.9. The molecule has 1 saturated heterocycles. The summed E-state index contributed by atoms with van der Waals surface area (Å²) in [4.78, 5) is 0. The van der Waals surface area contributed by atoms with Crippen LogP contribution < -0.4 is 5.19 Å². The standard InChI is InChI=1S/C10H15Si.C5H5.Ti/c1-9-4-5-10(8-9)11(2)6-3-7-11;1-2-4-5-3-1;/h4-5,8H,3,6-7H2,1-2H3;1-3H,4H2;/q2*-1;+2. The molecule has 17 heavy (non-hydrogen) atoms. The largest absolute Gasteiger partial charge is 2.00 e. The fourth-order valence-corrected chi connectivity index (χ4v) is 5.33. The maximum atomic E-state index is 2.99. The van der Waals surface area contributed by atoms with E-state index in [0.717, 1.165) is 6.42 Å². The summed E-state index contributed by atoms with van der Waals surface area (Å²) in [5.74, 6) is 0. The van der Waals surface area contributed by atoms with Crippen molar-refractivity contribution in [1.82, 2.24) is 0 Å². The van der Waals surface area contributed by atoms with Gasteiger partial charge >= 0.3 is 21.7 Å². The summed E-state index contributed by atoms with van der Waals surface area (Å²) in [7, 11) is -0.852. The molecule has 0 nitrogen and oxygen atoms in total. The van der Waals surface area contributed by atoms with Crippen LogP contribution in [0.1, 0.15) is 18.4 Å². The third kappa shape index (κ3) is 3.87. The van der Waals surface area contributed by atoms with E-state index in [4.69, 9.17) is 0 Å². The summed E-state index contributed by atoms with van der Waals surface area (Å²) in [6.45, 7) is 4.71. The van der Waals surface area contributed by atoms with E-state index < -0.39 is 8.07 Å². The fraction of sp³-hybridized carbons (Fsp3) is 0.400. The van der Waals surface area contributed by atoms with Crippen LogP contribution in [0.5, 0.6) is 0 Å². The molecule has 2 heteroatoms. The van der Waals surface area contributed by atoms with E-state index in [2.05, 4.69) is 43.8 Å². The molecule has 3 rings (SSSR count). The van der Waals surface area contributed by atoms with Gasteiger partial charge in [-0.05, 0) is 0 Å². The van der Waals surface area contributed by atoms with Crippen LogP contribution >= 0.6 is 0 Å². The van der Waals surface area contributed by atoms with Gasteiger partial charge in [0, 0.05) is 8.07 Å². The Morgan fingerprint density at radius 1 is 1.35 bits per heavy atom. The second-order valence-electron chi connectivity index (χ2n) is 5.09. The minimum absolute atomic E-state index is 0. The Bertz CT molecular complexity index is 387. The Labute approximate surface area is 121 Å². The summed E-state index contributed by atoms with van der Waals surface area (Å²) in [6, 6.07) is 10.0. The molecule has 0 spiro atoms. The minimum atomic E-state index is -0.852. The average molecular weight is 276 g/mol. The van der Waals surface area contributed by atoms with Gasteiger partial charge in [0.1, 0.15) is 0 Å². The molecule has 0 atom stereocenters. The van der Waals surface area contributed by atoms with Crippen LogP contribution in [0, 0.1) is 13.0 Å². The van der Waals surface area contributed by atoms with E-state index >= 15 is 0 Å². The molecule has 0 aromatic heterocycles. The van der Waals surface area contributed by atoms with Gasteiger partial charge in [-0.15, -0.1) is 6.42 Å². The fourth-order valence-electron chi connectivity index (χ4n) is 2.27. The van der Waals surface area contributed by atoms with Crippen molar-refractivity contribution in [2.24, 2.45) is 0 Å². The Morgan fingerprint density at radius 3 is 2.41 bits per heavy atom. The molecular weight excluding hydrogens is 256 g/mol. The summed E-state index contributed by atoms with van der Waals surface area (Å²) in [5, 5.41) is 1.70. The maximum absolute atomic E-state index is 2.99. The third-order valence-corrected chi connectivity index (χ3v) is 8.27. The van der Waals surface area contributed by atoms with Gasteiger partial charge in [0.15, 0.2) is 0 Å². The van der Waals surface area contributed by atoms with Crippen molar-refractivity contribution in [3.8, 4) is 0 Å². The van der Waals surface area contributed by atoms with E-state index in [-0.39, 0.29) is 21.7 Å². The van der Waals surface area contributed by atoms with Gasteiger partial charge in [0.05, 0.1) is 0 Å². The second-order valence-corrected chi connectivity index (χ2v) is 9.79. The molecule has 1 fully saturated rings. The van der Waals surface area contributed by atoms with Crippen molar-refractivity contribution in [3.05, 3.63) is 48.1 Å². The number of hydrogen-bond donors (Lipinski definition) is 0. The molecule has 1 aliphatic heterocycles. The van der Waals surface area contributed by atoms with Crippen molar-refractivity contribution in [1.29, 1.82) is 0 Å². The van der Waals surface area contributed by atoms with E-state index in [9.17, 15) is 0 Å². The zero-order valence-corrected chi connectivity index (χ0v) is 13.4. The van der Waals surface area contributed by atoms with Crippen molar-refractivity contribution in [2.75, 3.05) is 0 Å². The van der Waals surface area contributed by atoms with E-state index in [1.54, 1.807) is 5.19 Å². The van der Waals surface area contributed by atoms with E-state index in [1.807, 2.05) is 12.2 Å². The molecule has 1 aromatic carbocycles. The molecule has 1 aliphatic carbocycles. The smallest absolute Gasteiger partial charge is 0.273 e. The topological polar surface area (TPSA) is 0 Å². The van der Waals surface area contributed by atoms with Gasteiger partial charge in [0.2, 0.25) is 0 Å². The number of allylic oxidation sites excluding steroid dienone is 4. The molecule has 0 bridgehead atoms. The van der Waals surface area contributed by atoms with Crippen molar-refractivity contribution >= 4 is 13.3 Å². The van der Waals surface area contributed by atoms with Crippen LogP contribution in [-0.2, 0) is 21.7 Å². The molecule has 0 radical (unpaired) electrons. The van der Waals surface area contributed by atoms with E-state index in [0.29, 0.717) is 0 Å². The van der Waals surface area contributed by atoms with Crippen LogP contribution in [-0.4, -0.2) is 8.07 Å². The van der Waals surface area contributed by atoms with Gasteiger partial charge in [-0.2, -0.15) is 23.8 Å². The van der Waals surface area contributed by atoms with Gasteiger partial charge in [-0.3, -0.25) is 6.08 Å². The van der Waals surface area contributed by atoms with Gasteiger partial charge in [-0.25, -0.2) is 23.4 Å². The molecule has 0 N–H and O–H groups in total. The molecule has 0 amide bonds. The molecule has 1 heterocycles. The monoisotopic (exact) mass is 276 g/mol. The zero-order chi connectivity index (χ0) is 11.4. The van der Waals surface area contributed by atoms with Gasteiger partial charge in [-0.1, -0.05) is 32.0 Å². The Balaban J connectivity index is 0.000000205. The Morgan fingerprint density at radius 2 is 2.12 bits per heavy atom. The molecule has 0 unspecified atom stereocenters. The van der Waals surface area contributed by atoms with Crippen LogP contribution in [0.4, 0.5) is 0 Å². The first-order chi connectivity index (χ1) is 7.71. The van der Waals surface area contributed by atoms with Crippen molar-refractivity contribution in [2.45, 2.75) is 38.4 Å². The second kappa shape index (κ2) is 6.63. The molecule has 0 saturated carbocycles. The molecule has 1 aromatic rings. The number of rotatable bonds is 1. The minimum Gasteiger partial charge on any atom is -0.273 e. The quantitative estimate of drug-likeness (QED) is 0.542. The summed E-state index contributed by atoms with van der Waals surface area (Å²) in [6.07, 6.45) is 11.5.